The Labute approximate surface area is 192 Å². The maximum atomic E-state index is 13.4. The van der Waals surface area contributed by atoms with Crippen LogP contribution in [0.3, 0.4) is 0 Å². The highest BCUT2D eigenvalue weighted by Crippen LogP contribution is 2.33. The molecule has 4 rings (SSSR count). The van der Waals surface area contributed by atoms with Crippen molar-refractivity contribution < 1.29 is 17.6 Å². The van der Waals surface area contributed by atoms with Gasteiger partial charge in [-0.05, 0) is 44.0 Å². The van der Waals surface area contributed by atoms with Gasteiger partial charge in [-0.2, -0.15) is 4.31 Å². The first-order valence-electron chi connectivity index (χ1n) is 10.6. The summed E-state index contributed by atoms with van der Waals surface area (Å²) < 4.78 is 34.0. The molecule has 9 heteroatoms. The van der Waals surface area contributed by atoms with E-state index in [-0.39, 0.29) is 35.1 Å². The lowest BCUT2D eigenvalue weighted by Gasteiger charge is -2.33. The van der Waals surface area contributed by atoms with Crippen LogP contribution in [0.2, 0.25) is 0 Å². The van der Waals surface area contributed by atoms with Crippen molar-refractivity contribution in [3.05, 3.63) is 54.1 Å². The molecule has 0 spiro atoms. The van der Waals surface area contributed by atoms with E-state index in [1.54, 1.807) is 29.2 Å². The quantitative estimate of drug-likeness (QED) is 0.501. The minimum Gasteiger partial charge on any atom is -0.431 e. The summed E-state index contributed by atoms with van der Waals surface area (Å²) in [7, 11) is -3.73. The molecule has 32 heavy (non-hydrogen) atoms. The van der Waals surface area contributed by atoms with Gasteiger partial charge in [0.05, 0.1) is 10.6 Å². The van der Waals surface area contributed by atoms with Crippen LogP contribution in [0.5, 0.6) is 0 Å². The number of oxazole rings is 1. The van der Waals surface area contributed by atoms with Gasteiger partial charge < -0.3 is 9.32 Å². The number of sulfonamides is 1. The smallest absolute Gasteiger partial charge is 0.257 e. The summed E-state index contributed by atoms with van der Waals surface area (Å²) in [5.41, 5.74) is 2.41. The van der Waals surface area contributed by atoms with Crippen molar-refractivity contribution in [3.63, 3.8) is 0 Å². The molecule has 0 N–H and O–H groups in total. The zero-order valence-corrected chi connectivity index (χ0v) is 20.2. The van der Waals surface area contributed by atoms with E-state index in [0.29, 0.717) is 10.8 Å². The van der Waals surface area contributed by atoms with Crippen molar-refractivity contribution in [1.82, 2.24) is 14.2 Å². The summed E-state index contributed by atoms with van der Waals surface area (Å²) in [6.07, 6.45) is -0.548. The lowest BCUT2D eigenvalue weighted by atomic mass is 10.1. The number of fused-ring (bicyclic) bond motifs is 1. The molecular formula is C23H27N3O4S2. The molecule has 170 valence electrons. The van der Waals surface area contributed by atoms with Gasteiger partial charge in [-0.3, -0.25) is 4.79 Å². The minimum absolute atomic E-state index is 0.0709. The molecule has 1 aliphatic heterocycles. The van der Waals surface area contributed by atoms with Crippen molar-refractivity contribution in [2.45, 2.75) is 50.0 Å². The molecule has 0 bridgehead atoms. The molecule has 3 aromatic rings. The predicted molar refractivity (Wildman–Crippen MR) is 125 cm³/mol. The van der Waals surface area contributed by atoms with Crippen LogP contribution < -0.4 is 0 Å². The molecule has 1 fully saturated rings. The molecule has 2 atom stereocenters. The number of carbonyl (C=O) groups excluding carboxylic acids is 1. The topological polar surface area (TPSA) is 83.7 Å². The number of nitrogens with zero attached hydrogens (tertiary/aromatic N) is 3. The first-order valence-corrected chi connectivity index (χ1v) is 13.0. The van der Waals surface area contributed by atoms with Gasteiger partial charge in [0.25, 0.3) is 5.22 Å². The number of hydrogen-bond acceptors (Lipinski definition) is 6. The monoisotopic (exact) mass is 473 g/mol. The van der Waals surface area contributed by atoms with Crippen LogP contribution in [0, 0.1) is 12.8 Å². The Kier molecular flexibility index (Phi) is 6.33. The average molecular weight is 474 g/mol. The largest absolute Gasteiger partial charge is 0.431 e. The van der Waals surface area contributed by atoms with Crippen molar-refractivity contribution in [1.29, 1.82) is 0 Å². The third-order valence-electron chi connectivity index (χ3n) is 5.60. The molecule has 7 nitrogen and oxygen atoms in total. The molecule has 1 aromatic heterocycles. The molecule has 1 aliphatic rings. The lowest BCUT2D eigenvalue weighted by Crippen LogP contribution is -2.49. The molecule has 2 aromatic carbocycles. The molecule has 2 heterocycles. The van der Waals surface area contributed by atoms with E-state index < -0.39 is 16.2 Å². The second-order valence-electron chi connectivity index (χ2n) is 8.43. The Morgan fingerprint density at radius 3 is 2.53 bits per heavy atom. The van der Waals surface area contributed by atoms with Crippen LogP contribution >= 0.6 is 11.8 Å². The van der Waals surface area contributed by atoms with Crippen LogP contribution in [-0.2, 0) is 14.8 Å². The average Bonchev–Trinajstić information content (AvgIpc) is 3.33. The standard InChI is InChI=1S/C23H27N3O4S2/c1-15(2)22-25(32(28,29)18-11-9-16(3)10-12-18)13-17(4)26(22)21(27)14-31-23-24-19-7-5-6-8-20(19)30-23/h5-12,15,17,22H,13-14H2,1-4H3. The van der Waals surface area contributed by atoms with Gasteiger partial charge in [0.15, 0.2) is 5.58 Å². The molecular weight excluding hydrogens is 446 g/mol. The second kappa shape index (κ2) is 8.88. The fraction of sp³-hybridized carbons (Fsp3) is 0.391. The number of para-hydroxylation sites is 2. The molecule has 0 radical (unpaired) electrons. The predicted octanol–water partition coefficient (Wildman–Crippen LogP) is 4.13. The van der Waals surface area contributed by atoms with E-state index >= 15 is 0 Å². The maximum absolute atomic E-state index is 13.4. The summed E-state index contributed by atoms with van der Waals surface area (Å²) in [5, 5.41) is 0.427. The Morgan fingerprint density at radius 2 is 1.88 bits per heavy atom. The van der Waals surface area contributed by atoms with E-state index in [1.807, 2.05) is 52.0 Å². The Morgan fingerprint density at radius 1 is 1.19 bits per heavy atom. The highest BCUT2D eigenvalue weighted by Gasteiger charge is 2.47. The number of aromatic nitrogens is 1. The summed E-state index contributed by atoms with van der Waals surface area (Å²) in [6.45, 7) is 7.95. The van der Waals surface area contributed by atoms with Crippen LogP contribution in [0.25, 0.3) is 11.1 Å². The van der Waals surface area contributed by atoms with Gasteiger partial charge in [0.2, 0.25) is 15.9 Å². The SMILES string of the molecule is Cc1ccc(S(=O)(=O)N2CC(C)N(C(=O)CSc3nc4ccccc4o3)C2C(C)C)cc1. The third kappa shape index (κ3) is 4.29. The normalized spacial score (nSPS) is 19.8. The molecule has 2 unspecified atom stereocenters. The van der Waals surface area contributed by atoms with E-state index in [0.717, 1.165) is 11.1 Å². The first-order chi connectivity index (χ1) is 15.2. The first kappa shape index (κ1) is 22.8. The zero-order chi connectivity index (χ0) is 23.0. The Hall–Kier alpha value is -2.36. The van der Waals surface area contributed by atoms with E-state index in [1.165, 1.54) is 16.1 Å². The third-order valence-corrected chi connectivity index (χ3v) is 8.27. The van der Waals surface area contributed by atoms with Crippen molar-refractivity contribution in [2.75, 3.05) is 12.3 Å². The van der Waals surface area contributed by atoms with Gasteiger partial charge in [-0.15, -0.1) is 0 Å². The minimum atomic E-state index is -3.73. The highest BCUT2D eigenvalue weighted by molar-refractivity contribution is 7.99. The number of amides is 1. The lowest BCUT2D eigenvalue weighted by molar-refractivity contribution is -0.132. The Balaban J connectivity index is 1.54. The summed E-state index contributed by atoms with van der Waals surface area (Å²) in [4.78, 5) is 19.6. The number of aryl methyl sites for hydroxylation is 1. The molecule has 0 saturated carbocycles. The summed E-state index contributed by atoms with van der Waals surface area (Å²) in [5.74, 6) is -0.0813. The van der Waals surface area contributed by atoms with Crippen LogP contribution in [0.1, 0.15) is 26.3 Å². The van der Waals surface area contributed by atoms with Crippen molar-refractivity contribution in [3.8, 4) is 0 Å². The Bertz CT molecular complexity index is 1190. The number of carbonyl (C=O) groups is 1. The van der Waals surface area contributed by atoms with Gasteiger partial charge in [0, 0.05) is 12.6 Å². The van der Waals surface area contributed by atoms with Crippen molar-refractivity contribution >= 4 is 38.8 Å². The molecule has 0 aliphatic carbocycles. The van der Waals surface area contributed by atoms with Gasteiger partial charge in [-0.1, -0.05) is 55.4 Å². The van der Waals surface area contributed by atoms with E-state index in [2.05, 4.69) is 4.98 Å². The number of benzene rings is 2. The number of thioether (sulfide) groups is 1. The fourth-order valence-corrected chi connectivity index (χ4v) is 6.60. The molecule has 1 amide bonds. The van der Waals surface area contributed by atoms with E-state index in [9.17, 15) is 13.2 Å². The molecule has 1 saturated heterocycles. The second-order valence-corrected chi connectivity index (χ2v) is 11.2. The van der Waals surface area contributed by atoms with Crippen LogP contribution in [0.4, 0.5) is 0 Å². The fourth-order valence-electron chi connectivity index (χ4n) is 4.10. The van der Waals surface area contributed by atoms with Gasteiger partial charge in [-0.25, -0.2) is 13.4 Å². The highest BCUT2D eigenvalue weighted by atomic mass is 32.2. The number of rotatable bonds is 6. The maximum Gasteiger partial charge on any atom is 0.257 e. The van der Waals surface area contributed by atoms with Crippen LogP contribution in [0.15, 0.2) is 63.1 Å². The zero-order valence-electron chi connectivity index (χ0n) is 18.6. The number of hydrogen-bond donors (Lipinski definition) is 0. The van der Waals surface area contributed by atoms with Gasteiger partial charge >= 0.3 is 0 Å². The van der Waals surface area contributed by atoms with Gasteiger partial charge in [0.1, 0.15) is 11.7 Å². The van der Waals surface area contributed by atoms with E-state index in [4.69, 9.17) is 4.42 Å². The summed E-state index contributed by atoms with van der Waals surface area (Å²) >= 11 is 1.23. The van der Waals surface area contributed by atoms with Crippen molar-refractivity contribution in [2.24, 2.45) is 5.92 Å². The van der Waals surface area contributed by atoms with Crippen LogP contribution in [-0.4, -0.2) is 53.0 Å². The summed E-state index contributed by atoms with van der Waals surface area (Å²) in [6, 6.07) is 14.0.